The molecule has 1 saturated heterocycles. The normalized spacial score (nSPS) is 18.1. The molecule has 0 radical (unpaired) electrons. The van der Waals surface area contributed by atoms with Crippen molar-refractivity contribution in [1.82, 2.24) is 9.47 Å². The van der Waals surface area contributed by atoms with Crippen LogP contribution in [-0.2, 0) is 12.1 Å². The fourth-order valence-electron chi connectivity index (χ4n) is 5.11. The monoisotopic (exact) mass is 398 g/mol. The summed E-state index contributed by atoms with van der Waals surface area (Å²) in [6.07, 6.45) is 2.71. The molecule has 3 heteroatoms. The quantitative estimate of drug-likeness (QED) is 0.477. The van der Waals surface area contributed by atoms with Gasteiger partial charge >= 0.3 is 0 Å². The van der Waals surface area contributed by atoms with Gasteiger partial charge in [-0.15, -0.1) is 0 Å². The van der Waals surface area contributed by atoms with E-state index in [1.165, 1.54) is 21.8 Å². The first-order valence-electron chi connectivity index (χ1n) is 11.1. The maximum atomic E-state index is 11.1. The van der Waals surface area contributed by atoms with Crippen molar-refractivity contribution in [1.29, 1.82) is 0 Å². The molecular formula is C27H30N2O. The number of piperidine rings is 1. The lowest BCUT2D eigenvalue weighted by Gasteiger charge is -2.41. The fraction of sp³-hybridized carbons (Fsp3) is 0.333. The molecule has 2 heterocycles. The standard InChI is InChI=1S/C27H30N2O/c1-21(28-19-16-27(30,17-20-28)22-9-3-2-4-10-22)15-18-29-25-13-7-5-11-23(25)24-12-6-8-14-26(24)29/h2-14,21,30H,15-20H2,1H3. The zero-order valence-electron chi connectivity index (χ0n) is 17.7. The van der Waals surface area contributed by atoms with Gasteiger partial charge in [0.2, 0.25) is 0 Å². The molecule has 0 aliphatic carbocycles. The van der Waals surface area contributed by atoms with Crippen LogP contribution in [0.25, 0.3) is 21.8 Å². The van der Waals surface area contributed by atoms with Crippen molar-refractivity contribution in [2.45, 2.75) is 44.4 Å². The highest BCUT2D eigenvalue weighted by atomic mass is 16.3. The Balaban J connectivity index is 1.29. The Morgan fingerprint density at radius 3 is 1.93 bits per heavy atom. The summed E-state index contributed by atoms with van der Waals surface area (Å²) in [6.45, 7) is 5.23. The molecule has 1 aromatic heterocycles. The van der Waals surface area contributed by atoms with Gasteiger partial charge in [0.1, 0.15) is 0 Å². The Bertz CT molecular complexity index is 1090. The number of hydrogen-bond acceptors (Lipinski definition) is 2. The third-order valence-corrected chi connectivity index (χ3v) is 7.01. The van der Waals surface area contributed by atoms with Crippen molar-refractivity contribution >= 4 is 21.8 Å². The third kappa shape index (κ3) is 3.42. The predicted octanol–water partition coefficient (Wildman–Crippen LogP) is 5.56. The van der Waals surface area contributed by atoms with Crippen LogP contribution in [0.3, 0.4) is 0 Å². The average molecular weight is 399 g/mol. The molecule has 1 atom stereocenters. The lowest BCUT2D eigenvalue weighted by Crippen LogP contribution is -2.46. The van der Waals surface area contributed by atoms with Crippen molar-refractivity contribution in [3.05, 3.63) is 84.4 Å². The van der Waals surface area contributed by atoms with Gasteiger partial charge in [-0.25, -0.2) is 0 Å². The topological polar surface area (TPSA) is 28.4 Å². The van der Waals surface area contributed by atoms with E-state index in [0.717, 1.165) is 44.5 Å². The average Bonchev–Trinajstić information content (AvgIpc) is 3.12. The summed E-state index contributed by atoms with van der Waals surface area (Å²) in [7, 11) is 0. The molecule has 1 unspecified atom stereocenters. The van der Waals surface area contributed by atoms with E-state index in [0.29, 0.717) is 6.04 Å². The maximum absolute atomic E-state index is 11.1. The zero-order valence-corrected chi connectivity index (χ0v) is 17.7. The smallest absolute Gasteiger partial charge is 0.0920 e. The summed E-state index contributed by atoms with van der Waals surface area (Å²) in [5.41, 5.74) is 3.03. The molecule has 1 aliphatic heterocycles. The SMILES string of the molecule is CC(CCn1c2ccccc2c2ccccc21)N1CCC(O)(c2ccccc2)CC1. The molecule has 0 saturated carbocycles. The molecule has 0 spiro atoms. The molecular weight excluding hydrogens is 368 g/mol. The number of likely N-dealkylation sites (tertiary alicyclic amines) is 1. The van der Waals surface area contributed by atoms with E-state index in [1.807, 2.05) is 18.2 Å². The number of nitrogens with zero attached hydrogens (tertiary/aromatic N) is 2. The van der Waals surface area contributed by atoms with E-state index in [1.54, 1.807) is 0 Å². The van der Waals surface area contributed by atoms with Crippen LogP contribution in [0.4, 0.5) is 0 Å². The van der Waals surface area contributed by atoms with Crippen LogP contribution in [-0.4, -0.2) is 33.7 Å². The molecule has 0 bridgehead atoms. The minimum absolute atomic E-state index is 0.491. The highest BCUT2D eigenvalue weighted by Gasteiger charge is 2.34. The number of benzene rings is 3. The third-order valence-electron chi connectivity index (χ3n) is 7.01. The highest BCUT2D eigenvalue weighted by molar-refractivity contribution is 6.07. The van der Waals surface area contributed by atoms with Gasteiger partial charge < -0.3 is 14.6 Å². The van der Waals surface area contributed by atoms with Gasteiger partial charge in [0.15, 0.2) is 0 Å². The largest absolute Gasteiger partial charge is 0.385 e. The van der Waals surface area contributed by atoms with Crippen molar-refractivity contribution < 1.29 is 5.11 Å². The minimum atomic E-state index is -0.676. The van der Waals surface area contributed by atoms with Crippen LogP contribution in [0.1, 0.15) is 31.7 Å². The molecule has 4 aromatic rings. The predicted molar refractivity (Wildman–Crippen MR) is 125 cm³/mol. The molecule has 1 N–H and O–H groups in total. The van der Waals surface area contributed by atoms with Gasteiger partial charge in [-0.2, -0.15) is 0 Å². The number of hydrogen-bond donors (Lipinski definition) is 1. The van der Waals surface area contributed by atoms with Crippen molar-refractivity contribution in [2.75, 3.05) is 13.1 Å². The summed E-state index contributed by atoms with van der Waals surface area (Å²) in [5.74, 6) is 0. The summed E-state index contributed by atoms with van der Waals surface area (Å²) < 4.78 is 2.48. The van der Waals surface area contributed by atoms with Crippen LogP contribution < -0.4 is 0 Å². The molecule has 1 fully saturated rings. The summed E-state index contributed by atoms with van der Waals surface area (Å²) >= 11 is 0. The van der Waals surface area contributed by atoms with E-state index in [-0.39, 0.29) is 0 Å². The van der Waals surface area contributed by atoms with Gasteiger partial charge in [-0.3, -0.25) is 0 Å². The van der Waals surface area contributed by atoms with E-state index in [4.69, 9.17) is 0 Å². The van der Waals surface area contributed by atoms with Crippen molar-refractivity contribution in [3.8, 4) is 0 Å². The second-order valence-corrected chi connectivity index (χ2v) is 8.76. The Kier molecular flexibility index (Phi) is 5.10. The molecule has 1 aliphatic rings. The number of para-hydroxylation sites is 2. The summed E-state index contributed by atoms with van der Waals surface area (Å²) in [6, 6.07) is 28.1. The van der Waals surface area contributed by atoms with Crippen LogP contribution in [0, 0.1) is 0 Å². The lowest BCUT2D eigenvalue weighted by molar-refractivity contribution is -0.0349. The Morgan fingerprint density at radius 1 is 0.800 bits per heavy atom. The molecule has 5 rings (SSSR count). The van der Waals surface area contributed by atoms with E-state index >= 15 is 0 Å². The second-order valence-electron chi connectivity index (χ2n) is 8.76. The summed E-state index contributed by atoms with van der Waals surface area (Å²) in [5, 5.41) is 13.8. The second kappa shape index (κ2) is 7.90. The Morgan fingerprint density at radius 2 is 1.33 bits per heavy atom. The number of aliphatic hydroxyl groups is 1. The van der Waals surface area contributed by atoms with Gasteiger partial charge in [0.25, 0.3) is 0 Å². The summed E-state index contributed by atoms with van der Waals surface area (Å²) in [4.78, 5) is 2.55. The molecule has 3 aromatic carbocycles. The van der Waals surface area contributed by atoms with Gasteiger partial charge in [0, 0.05) is 47.5 Å². The van der Waals surface area contributed by atoms with Crippen LogP contribution in [0.5, 0.6) is 0 Å². The Hall–Kier alpha value is -2.62. The van der Waals surface area contributed by atoms with Crippen molar-refractivity contribution in [3.63, 3.8) is 0 Å². The zero-order chi connectivity index (χ0) is 20.6. The van der Waals surface area contributed by atoms with E-state index in [2.05, 4.69) is 77.1 Å². The van der Waals surface area contributed by atoms with Gasteiger partial charge in [-0.1, -0.05) is 66.7 Å². The maximum Gasteiger partial charge on any atom is 0.0920 e. The van der Waals surface area contributed by atoms with Gasteiger partial charge in [-0.05, 0) is 43.9 Å². The van der Waals surface area contributed by atoms with E-state index < -0.39 is 5.60 Å². The van der Waals surface area contributed by atoms with Gasteiger partial charge in [0.05, 0.1) is 5.60 Å². The molecule has 0 amide bonds. The molecule has 3 nitrogen and oxygen atoms in total. The number of aryl methyl sites for hydroxylation is 1. The highest BCUT2D eigenvalue weighted by Crippen LogP contribution is 2.34. The number of rotatable bonds is 5. The number of aromatic nitrogens is 1. The van der Waals surface area contributed by atoms with Crippen LogP contribution in [0.2, 0.25) is 0 Å². The molecule has 30 heavy (non-hydrogen) atoms. The Labute approximate surface area is 178 Å². The lowest BCUT2D eigenvalue weighted by atomic mass is 9.84. The number of fused-ring (bicyclic) bond motifs is 3. The molecule has 154 valence electrons. The van der Waals surface area contributed by atoms with Crippen LogP contribution >= 0.6 is 0 Å². The fourth-order valence-corrected chi connectivity index (χ4v) is 5.11. The van der Waals surface area contributed by atoms with Crippen molar-refractivity contribution in [2.24, 2.45) is 0 Å². The first-order valence-corrected chi connectivity index (χ1v) is 11.1. The first-order chi connectivity index (χ1) is 14.7. The van der Waals surface area contributed by atoms with E-state index in [9.17, 15) is 5.11 Å². The first kappa shape index (κ1) is 19.3. The van der Waals surface area contributed by atoms with Crippen LogP contribution in [0.15, 0.2) is 78.9 Å². The minimum Gasteiger partial charge on any atom is -0.385 e.